The quantitative estimate of drug-likeness (QED) is 0.851. The third kappa shape index (κ3) is 3.47. The fraction of sp³-hybridized carbons (Fsp3) is 0.267. The van der Waals surface area contributed by atoms with Gasteiger partial charge in [0.25, 0.3) is 0 Å². The van der Waals surface area contributed by atoms with Crippen LogP contribution in [0.5, 0.6) is 5.75 Å². The average molecular weight is 321 g/mol. The Kier molecular flexibility index (Phi) is 4.43. The molecule has 0 amide bonds. The molecule has 0 fully saturated rings. The summed E-state index contributed by atoms with van der Waals surface area (Å²) in [6, 6.07) is 10.3. The number of anilines is 1. The van der Waals surface area contributed by atoms with Gasteiger partial charge in [-0.25, -0.2) is 4.98 Å². The van der Waals surface area contributed by atoms with Crippen molar-refractivity contribution in [3.63, 3.8) is 0 Å². The summed E-state index contributed by atoms with van der Waals surface area (Å²) in [4.78, 5) is 4.29. The van der Waals surface area contributed by atoms with Crippen LogP contribution in [0.3, 0.4) is 0 Å². The highest BCUT2D eigenvalue weighted by Crippen LogP contribution is 2.24. The molecule has 0 aliphatic rings. The molecule has 0 saturated heterocycles. The maximum absolute atomic E-state index is 5.24. The minimum Gasteiger partial charge on any atom is -0.497 e. The molecule has 4 heteroatoms. The molecule has 1 aromatic heterocycles. The van der Waals surface area contributed by atoms with Crippen LogP contribution in [0.1, 0.15) is 24.1 Å². The SMILES string of the molecule is COc1cccc(C(C)Nc2cnc(Br)c(C)c2)c1. The van der Waals surface area contributed by atoms with Gasteiger partial charge >= 0.3 is 0 Å². The fourth-order valence-electron chi connectivity index (χ4n) is 1.88. The van der Waals surface area contributed by atoms with E-state index in [-0.39, 0.29) is 6.04 Å². The topological polar surface area (TPSA) is 34.1 Å². The standard InChI is InChI=1S/C15H17BrN2O/c1-10-7-13(9-17-15(10)16)18-11(2)12-5-4-6-14(8-12)19-3/h4-9,11,18H,1-3H3. The number of methoxy groups -OCH3 is 1. The Labute approximate surface area is 122 Å². The van der Waals surface area contributed by atoms with E-state index in [4.69, 9.17) is 4.74 Å². The summed E-state index contributed by atoms with van der Waals surface area (Å²) < 4.78 is 6.13. The van der Waals surface area contributed by atoms with Crippen molar-refractivity contribution in [1.82, 2.24) is 4.98 Å². The van der Waals surface area contributed by atoms with Crippen LogP contribution in [0, 0.1) is 6.92 Å². The van der Waals surface area contributed by atoms with Gasteiger partial charge in [0, 0.05) is 6.04 Å². The fourth-order valence-corrected chi connectivity index (χ4v) is 2.10. The predicted octanol–water partition coefficient (Wildman–Crippen LogP) is 4.33. The number of nitrogens with zero attached hydrogens (tertiary/aromatic N) is 1. The Morgan fingerprint density at radius 2 is 2.11 bits per heavy atom. The maximum atomic E-state index is 5.24. The number of nitrogens with one attached hydrogen (secondary N) is 1. The van der Waals surface area contributed by atoms with Gasteiger partial charge in [0.05, 0.1) is 19.0 Å². The first-order chi connectivity index (χ1) is 9.10. The second-order valence-electron chi connectivity index (χ2n) is 4.47. The molecule has 19 heavy (non-hydrogen) atoms. The van der Waals surface area contributed by atoms with Crippen molar-refractivity contribution < 1.29 is 4.74 Å². The highest BCUT2D eigenvalue weighted by molar-refractivity contribution is 9.10. The molecule has 100 valence electrons. The molecule has 0 bridgehead atoms. The van der Waals surface area contributed by atoms with Crippen LogP contribution < -0.4 is 10.1 Å². The van der Waals surface area contributed by atoms with Crippen molar-refractivity contribution in [1.29, 1.82) is 0 Å². The molecule has 0 saturated carbocycles. The minimum absolute atomic E-state index is 0.192. The van der Waals surface area contributed by atoms with E-state index in [0.717, 1.165) is 21.6 Å². The number of hydrogen-bond acceptors (Lipinski definition) is 3. The van der Waals surface area contributed by atoms with Crippen molar-refractivity contribution in [2.75, 3.05) is 12.4 Å². The molecule has 2 aromatic rings. The van der Waals surface area contributed by atoms with Gasteiger partial charge < -0.3 is 10.1 Å². The van der Waals surface area contributed by atoms with Crippen LogP contribution in [-0.2, 0) is 0 Å². The van der Waals surface area contributed by atoms with Gasteiger partial charge in [0.2, 0.25) is 0 Å². The van der Waals surface area contributed by atoms with Crippen LogP contribution in [-0.4, -0.2) is 12.1 Å². The molecule has 1 atom stereocenters. The summed E-state index contributed by atoms with van der Waals surface area (Å²) in [6.07, 6.45) is 1.83. The lowest BCUT2D eigenvalue weighted by molar-refractivity contribution is 0.414. The second kappa shape index (κ2) is 6.06. The van der Waals surface area contributed by atoms with E-state index < -0.39 is 0 Å². The number of pyridine rings is 1. The van der Waals surface area contributed by atoms with Gasteiger partial charge in [-0.3, -0.25) is 0 Å². The van der Waals surface area contributed by atoms with Crippen LogP contribution in [0.25, 0.3) is 0 Å². The summed E-state index contributed by atoms with van der Waals surface area (Å²) in [5.74, 6) is 0.872. The van der Waals surface area contributed by atoms with Crippen molar-refractivity contribution in [2.45, 2.75) is 19.9 Å². The molecule has 0 aliphatic heterocycles. The maximum Gasteiger partial charge on any atom is 0.119 e. The Balaban J connectivity index is 2.15. The molecule has 1 unspecified atom stereocenters. The first-order valence-corrected chi connectivity index (χ1v) is 6.92. The van der Waals surface area contributed by atoms with Crippen molar-refractivity contribution >= 4 is 21.6 Å². The second-order valence-corrected chi connectivity index (χ2v) is 5.23. The van der Waals surface area contributed by atoms with Gasteiger partial charge in [0.15, 0.2) is 0 Å². The smallest absolute Gasteiger partial charge is 0.119 e. The lowest BCUT2D eigenvalue weighted by Crippen LogP contribution is -2.07. The van der Waals surface area contributed by atoms with E-state index in [1.165, 1.54) is 5.56 Å². The van der Waals surface area contributed by atoms with Crippen LogP contribution >= 0.6 is 15.9 Å². The summed E-state index contributed by atoms with van der Waals surface area (Å²) in [7, 11) is 1.68. The molecule has 1 N–H and O–H groups in total. The largest absolute Gasteiger partial charge is 0.497 e. The average Bonchev–Trinajstić information content (AvgIpc) is 2.43. The molecule has 0 radical (unpaired) electrons. The van der Waals surface area contributed by atoms with Crippen molar-refractivity contribution in [3.8, 4) is 5.75 Å². The monoisotopic (exact) mass is 320 g/mol. The van der Waals surface area contributed by atoms with Gasteiger partial charge in [0.1, 0.15) is 10.4 Å². The Bertz CT molecular complexity index is 572. The summed E-state index contributed by atoms with van der Waals surface area (Å²) >= 11 is 3.40. The zero-order valence-electron chi connectivity index (χ0n) is 11.3. The van der Waals surface area contributed by atoms with Crippen molar-refractivity contribution in [2.24, 2.45) is 0 Å². The molecule has 1 heterocycles. The number of halogens is 1. The van der Waals surface area contributed by atoms with Crippen LogP contribution in [0.15, 0.2) is 41.1 Å². The molecule has 3 nitrogen and oxygen atoms in total. The molecule has 1 aromatic carbocycles. The predicted molar refractivity (Wildman–Crippen MR) is 81.7 cm³/mol. The number of aromatic nitrogens is 1. The Morgan fingerprint density at radius 3 is 2.79 bits per heavy atom. The van der Waals surface area contributed by atoms with E-state index in [1.54, 1.807) is 7.11 Å². The van der Waals surface area contributed by atoms with Gasteiger partial charge in [-0.2, -0.15) is 0 Å². The number of aryl methyl sites for hydroxylation is 1. The van der Waals surface area contributed by atoms with Gasteiger partial charge in [-0.15, -0.1) is 0 Å². The number of benzene rings is 1. The third-order valence-electron chi connectivity index (χ3n) is 2.99. The van der Waals surface area contributed by atoms with Crippen molar-refractivity contribution in [3.05, 3.63) is 52.3 Å². The lowest BCUT2D eigenvalue weighted by Gasteiger charge is -2.16. The minimum atomic E-state index is 0.192. The third-order valence-corrected chi connectivity index (χ3v) is 3.82. The van der Waals surface area contributed by atoms with E-state index in [0.29, 0.717) is 0 Å². The number of rotatable bonds is 4. The molecule has 0 spiro atoms. The number of hydrogen-bond donors (Lipinski definition) is 1. The van der Waals surface area contributed by atoms with E-state index in [1.807, 2.05) is 31.3 Å². The molecule has 2 rings (SSSR count). The summed E-state index contributed by atoms with van der Waals surface area (Å²) in [5, 5.41) is 3.44. The van der Waals surface area contributed by atoms with Gasteiger partial charge in [-0.05, 0) is 59.1 Å². The summed E-state index contributed by atoms with van der Waals surface area (Å²) in [6.45, 7) is 4.14. The normalized spacial score (nSPS) is 12.0. The van der Waals surface area contributed by atoms with Gasteiger partial charge in [-0.1, -0.05) is 12.1 Å². The highest BCUT2D eigenvalue weighted by Gasteiger charge is 2.07. The molecule has 0 aliphatic carbocycles. The highest BCUT2D eigenvalue weighted by atomic mass is 79.9. The molecular formula is C15H17BrN2O. The number of ether oxygens (including phenoxy) is 1. The Hall–Kier alpha value is -1.55. The van der Waals surface area contributed by atoms with Crippen LogP contribution in [0.2, 0.25) is 0 Å². The van der Waals surface area contributed by atoms with E-state index >= 15 is 0 Å². The lowest BCUT2D eigenvalue weighted by atomic mass is 10.1. The Morgan fingerprint density at radius 1 is 1.32 bits per heavy atom. The zero-order chi connectivity index (χ0) is 13.8. The van der Waals surface area contributed by atoms with Crippen LogP contribution in [0.4, 0.5) is 5.69 Å². The zero-order valence-corrected chi connectivity index (χ0v) is 12.9. The first kappa shape index (κ1) is 13.9. The van der Waals surface area contributed by atoms with E-state index in [2.05, 4.69) is 45.3 Å². The summed E-state index contributed by atoms with van der Waals surface area (Å²) in [5.41, 5.74) is 3.30. The van der Waals surface area contributed by atoms with E-state index in [9.17, 15) is 0 Å². The molecular weight excluding hydrogens is 304 g/mol. The first-order valence-electron chi connectivity index (χ1n) is 6.13.